The molecule has 4 heteroatoms. The lowest BCUT2D eigenvalue weighted by molar-refractivity contribution is 0.178. The van der Waals surface area contributed by atoms with Crippen molar-refractivity contribution in [2.24, 2.45) is 0 Å². The van der Waals surface area contributed by atoms with Crippen molar-refractivity contribution in [1.82, 2.24) is 4.98 Å². The molecule has 1 heterocycles. The summed E-state index contributed by atoms with van der Waals surface area (Å²) < 4.78 is 0. The van der Waals surface area contributed by atoms with Gasteiger partial charge in [0, 0.05) is 23.2 Å². The fourth-order valence-electron chi connectivity index (χ4n) is 2.00. The number of nitrogen functional groups attached to an aromatic ring is 1. The second-order valence-corrected chi connectivity index (χ2v) is 4.65. The molecule has 0 bridgehead atoms. The lowest BCUT2D eigenvalue weighted by atomic mass is 9.98. The first kappa shape index (κ1) is 12.9. The summed E-state index contributed by atoms with van der Waals surface area (Å²) in [6, 6.07) is 9.30. The molecule has 1 aromatic heterocycles. The van der Waals surface area contributed by atoms with E-state index in [0.717, 1.165) is 11.1 Å². The number of hydrogen-bond donors (Lipinski definition) is 2. The molecule has 1 aromatic carbocycles. The Hall–Kier alpha value is -1.58. The van der Waals surface area contributed by atoms with Gasteiger partial charge in [-0.1, -0.05) is 29.8 Å². The number of rotatable bonds is 3. The summed E-state index contributed by atoms with van der Waals surface area (Å²) in [6.45, 7) is 1.91. The number of aliphatic hydroxyl groups is 1. The fourth-order valence-corrected chi connectivity index (χ4v) is 2.21. The number of hydrogen-bond acceptors (Lipinski definition) is 3. The Labute approximate surface area is 111 Å². The SMILES string of the molecule is Cc1ccnc(N)c1C(O)Cc1ccccc1Cl. The highest BCUT2D eigenvalue weighted by molar-refractivity contribution is 6.31. The number of pyridine rings is 1. The van der Waals surface area contributed by atoms with Gasteiger partial charge in [-0.25, -0.2) is 4.98 Å². The number of aromatic nitrogens is 1. The van der Waals surface area contributed by atoms with Crippen LogP contribution < -0.4 is 5.73 Å². The average Bonchev–Trinajstić information content (AvgIpc) is 2.32. The third-order valence-corrected chi connectivity index (χ3v) is 3.31. The minimum absolute atomic E-state index is 0.370. The van der Waals surface area contributed by atoms with Gasteiger partial charge in [0.1, 0.15) is 5.82 Å². The van der Waals surface area contributed by atoms with E-state index in [0.29, 0.717) is 22.8 Å². The maximum atomic E-state index is 10.3. The predicted molar refractivity (Wildman–Crippen MR) is 73.5 cm³/mol. The van der Waals surface area contributed by atoms with Crippen molar-refractivity contribution in [3.05, 3.63) is 58.2 Å². The number of aliphatic hydroxyl groups excluding tert-OH is 1. The van der Waals surface area contributed by atoms with Gasteiger partial charge < -0.3 is 10.8 Å². The Morgan fingerprint density at radius 3 is 2.72 bits per heavy atom. The van der Waals surface area contributed by atoms with Crippen LogP contribution in [0.5, 0.6) is 0 Å². The van der Waals surface area contributed by atoms with Crippen LogP contribution in [0.1, 0.15) is 22.8 Å². The van der Waals surface area contributed by atoms with Gasteiger partial charge in [0.2, 0.25) is 0 Å². The highest BCUT2D eigenvalue weighted by Gasteiger charge is 2.16. The Morgan fingerprint density at radius 2 is 2.06 bits per heavy atom. The monoisotopic (exact) mass is 262 g/mol. The molecule has 1 atom stereocenters. The first-order valence-corrected chi connectivity index (χ1v) is 6.10. The van der Waals surface area contributed by atoms with E-state index in [-0.39, 0.29) is 0 Å². The van der Waals surface area contributed by atoms with Gasteiger partial charge in [0.15, 0.2) is 0 Å². The summed E-state index contributed by atoms with van der Waals surface area (Å²) in [6.07, 6.45) is 1.37. The highest BCUT2D eigenvalue weighted by atomic mass is 35.5. The van der Waals surface area contributed by atoms with Gasteiger partial charge in [-0.2, -0.15) is 0 Å². The number of benzene rings is 1. The number of nitrogens with zero attached hydrogens (tertiary/aromatic N) is 1. The molecule has 0 aliphatic carbocycles. The highest BCUT2D eigenvalue weighted by Crippen LogP contribution is 2.27. The third-order valence-electron chi connectivity index (χ3n) is 2.94. The van der Waals surface area contributed by atoms with Crippen molar-refractivity contribution in [2.45, 2.75) is 19.4 Å². The van der Waals surface area contributed by atoms with E-state index < -0.39 is 6.10 Å². The third kappa shape index (κ3) is 2.63. The molecule has 0 aliphatic heterocycles. The zero-order chi connectivity index (χ0) is 13.1. The van der Waals surface area contributed by atoms with Crippen LogP contribution >= 0.6 is 11.6 Å². The molecule has 0 saturated heterocycles. The molecule has 94 valence electrons. The lowest BCUT2D eigenvalue weighted by Crippen LogP contribution is -2.09. The molecule has 3 N–H and O–H groups in total. The molecule has 0 amide bonds. The molecule has 0 aliphatic rings. The topological polar surface area (TPSA) is 59.1 Å². The molecule has 0 saturated carbocycles. The van der Waals surface area contributed by atoms with E-state index in [4.69, 9.17) is 17.3 Å². The van der Waals surface area contributed by atoms with Crippen LogP contribution in [0.15, 0.2) is 36.5 Å². The van der Waals surface area contributed by atoms with E-state index in [2.05, 4.69) is 4.98 Å². The van der Waals surface area contributed by atoms with Crippen LogP contribution in [-0.4, -0.2) is 10.1 Å². The summed E-state index contributed by atoms with van der Waals surface area (Å²) in [5.74, 6) is 0.370. The van der Waals surface area contributed by atoms with Gasteiger partial charge in [-0.15, -0.1) is 0 Å². The van der Waals surface area contributed by atoms with Crippen LogP contribution in [0.25, 0.3) is 0 Å². The van der Waals surface area contributed by atoms with Crippen LogP contribution in [-0.2, 0) is 6.42 Å². The van der Waals surface area contributed by atoms with Crippen molar-refractivity contribution in [3.63, 3.8) is 0 Å². The maximum Gasteiger partial charge on any atom is 0.129 e. The second kappa shape index (κ2) is 5.38. The van der Waals surface area contributed by atoms with Gasteiger partial charge in [-0.3, -0.25) is 0 Å². The summed E-state index contributed by atoms with van der Waals surface area (Å²) in [7, 11) is 0. The minimum atomic E-state index is -0.696. The van der Waals surface area contributed by atoms with E-state index >= 15 is 0 Å². The van der Waals surface area contributed by atoms with Crippen molar-refractivity contribution in [3.8, 4) is 0 Å². The molecule has 0 fully saturated rings. The molecule has 1 unspecified atom stereocenters. The molecular formula is C14H15ClN2O. The van der Waals surface area contributed by atoms with Crippen molar-refractivity contribution in [1.29, 1.82) is 0 Å². The summed E-state index contributed by atoms with van der Waals surface area (Å²) in [5, 5.41) is 10.9. The van der Waals surface area contributed by atoms with Crippen molar-refractivity contribution in [2.75, 3.05) is 5.73 Å². The van der Waals surface area contributed by atoms with E-state index in [1.807, 2.05) is 37.3 Å². The molecule has 2 rings (SSSR count). The molecule has 2 aromatic rings. The molecular weight excluding hydrogens is 248 g/mol. The maximum absolute atomic E-state index is 10.3. The zero-order valence-corrected chi connectivity index (χ0v) is 10.9. The van der Waals surface area contributed by atoms with Crippen LogP contribution in [0.2, 0.25) is 5.02 Å². The Balaban J connectivity index is 2.28. The average molecular weight is 263 g/mol. The van der Waals surface area contributed by atoms with E-state index in [1.165, 1.54) is 0 Å². The van der Waals surface area contributed by atoms with E-state index in [9.17, 15) is 5.11 Å². The first-order chi connectivity index (χ1) is 8.59. The van der Waals surface area contributed by atoms with Crippen LogP contribution in [0.4, 0.5) is 5.82 Å². The van der Waals surface area contributed by atoms with Crippen molar-refractivity contribution < 1.29 is 5.11 Å². The predicted octanol–water partition coefficient (Wildman–Crippen LogP) is 2.90. The van der Waals surface area contributed by atoms with Crippen LogP contribution in [0.3, 0.4) is 0 Å². The second-order valence-electron chi connectivity index (χ2n) is 4.24. The van der Waals surface area contributed by atoms with Gasteiger partial charge in [-0.05, 0) is 30.2 Å². The van der Waals surface area contributed by atoms with Crippen molar-refractivity contribution >= 4 is 17.4 Å². The molecule has 18 heavy (non-hydrogen) atoms. The van der Waals surface area contributed by atoms with Gasteiger partial charge in [0.05, 0.1) is 6.10 Å². The molecule has 0 radical (unpaired) electrons. The largest absolute Gasteiger partial charge is 0.388 e. The Kier molecular flexibility index (Phi) is 3.84. The van der Waals surface area contributed by atoms with E-state index in [1.54, 1.807) is 6.20 Å². The summed E-state index contributed by atoms with van der Waals surface area (Å²) in [4.78, 5) is 4.01. The van der Waals surface area contributed by atoms with Crippen LogP contribution in [0, 0.1) is 6.92 Å². The number of halogens is 1. The Bertz CT molecular complexity index is 537. The summed E-state index contributed by atoms with van der Waals surface area (Å²) in [5.41, 5.74) is 8.32. The molecule has 0 spiro atoms. The molecule has 3 nitrogen and oxygen atoms in total. The smallest absolute Gasteiger partial charge is 0.129 e. The number of nitrogens with two attached hydrogens (primary N) is 1. The zero-order valence-electron chi connectivity index (χ0n) is 10.1. The minimum Gasteiger partial charge on any atom is -0.388 e. The number of anilines is 1. The summed E-state index contributed by atoms with van der Waals surface area (Å²) >= 11 is 6.08. The van der Waals surface area contributed by atoms with Gasteiger partial charge in [0.25, 0.3) is 0 Å². The number of aryl methyl sites for hydroxylation is 1. The first-order valence-electron chi connectivity index (χ1n) is 5.72. The lowest BCUT2D eigenvalue weighted by Gasteiger charge is -2.16. The Morgan fingerprint density at radius 1 is 1.33 bits per heavy atom. The standard InChI is InChI=1S/C14H15ClN2O/c1-9-6-7-17-14(16)13(9)12(18)8-10-4-2-3-5-11(10)15/h2-7,12,18H,8H2,1H3,(H2,16,17). The van der Waals surface area contributed by atoms with Gasteiger partial charge >= 0.3 is 0 Å². The normalized spacial score (nSPS) is 12.4. The fraction of sp³-hybridized carbons (Fsp3) is 0.214. The quantitative estimate of drug-likeness (QED) is 0.894.